The van der Waals surface area contributed by atoms with Crippen molar-refractivity contribution in [1.29, 1.82) is 0 Å². The first-order valence-electron chi connectivity index (χ1n) is 10.6. The zero-order valence-electron chi connectivity index (χ0n) is 16.8. The third-order valence-corrected chi connectivity index (χ3v) is 5.77. The second-order valence-corrected chi connectivity index (χ2v) is 7.89. The van der Waals surface area contributed by atoms with Gasteiger partial charge in [-0.1, -0.05) is 37.1 Å². The third kappa shape index (κ3) is 5.01. The van der Waals surface area contributed by atoms with Crippen molar-refractivity contribution in [2.45, 2.75) is 32.1 Å². The maximum atomic E-state index is 10.4. The van der Waals surface area contributed by atoms with E-state index < -0.39 is 0 Å². The zero-order chi connectivity index (χ0) is 20.1. The Kier molecular flexibility index (Phi) is 6.20. The Hall–Kier alpha value is -2.72. The molecule has 29 heavy (non-hydrogen) atoms. The molecule has 0 spiro atoms. The summed E-state index contributed by atoms with van der Waals surface area (Å²) < 4.78 is 5.94. The van der Waals surface area contributed by atoms with Gasteiger partial charge in [-0.3, -0.25) is 4.90 Å². The van der Waals surface area contributed by atoms with Crippen LogP contribution in [-0.2, 0) is 6.42 Å². The summed E-state index contributed by atoms with van der Waals surface area (Å²) in [7, 11) is 0. The normalized spacial score (nSPS) is 15.3. The fourth-order valence-electron chi connectivity index (χ4n) is 4.12. The molecule has 0 aromatic heterocycles. The SMILES string of the molecule is Oc1ccc2c(Cc3ccc(OCCN4CCCCCC4)cc3)c(O)ccc2c1. The van der Waals surface area contributed by atoms with Crippen LogP contribution in [0, 0.1) is 0 Å². The van der Waals surface area contributed by atoms with E-state index in [0.717, 1.165) is 34.2 Å². The largest absolute Gasteiger partial charge is 0.508 e. The van der Waals surface area contributed by atoms with Crippen LogP contribution in [0.3, 0.4) is 0 Å². The van der Waals surface area contributed by atoms with E-state index in [2.05, 4.69) is 17.0 Å². The quantitative estimate of drug-likeness (QED) is 0.614. The van der Waals surface area contributed by atoms with E-state index >= 15 is 0 Å². The molecule has 1 aliphatic rings. The molecule has 1 aliphatic heterocycles. The van der Waals surface area contributed by atoms with Gasteiger partial charge >= 0.3 is 0 Å². The monoisotopic (exact) mass is 391 g/mol. The molecule has 4 rings (SSSR count). The second kappa shape index (κ2) is 9.19. The lowest BCUT2D eigenvalue weighted by Gasteiger charge is -2.19. The summed E-state index contributed by atoms with van der Waals surface area (Å²) in [6.45, 7) is 4.08. The lowest BCUT2D eigenvalue weighted by Crippen LogP contribution is -2.29. The van der Waals surface area contributed by atoms with Crippen molar-refractivity contribution in [3.05, 3.63) is 65.7 Å². The summed E-state index contributed by atoms with van der Waals surface area (Å²) in [4.78, 5) is 2.50. The Morgan fingerprint density at radius 1 is 0.828 bits per heavy atom. The van der Waals surface area contributed by atoms with Crippen molar-refractivity contribution >= 4 is 10.8 Å². The van der Waals surface area contributed by atoms with Crippen molar-refractivity contribution in [3.8, 4) is 17.2 Å². The summed E-state index contributed by atoms with van der Waals surface area (Å²) in [6, 6.07) is 16.9. The molecule has 1 fully saturated rings. The summed E-state index contributed by atoms with van der Waals surface area (Å²) in [6.07, 6.45) is 5.94. The number of hydrogen-bond donors (Lipinski definition) is 2. The average Bonchev–Trinajstić information content (AvgIpc) is 3.00. The maximum Gasteiger partial charge on any atom is 0.119 e. The lowest BCUT2D eigenvalue weighted by molar-refractivity contribution is 0.214. The zero-order valence-corrected chi connectivity index (χ0v) is 16.8. The highest BCUT2D eigenvalue weighted by Gasteiger charge is 2.10. The molecule has 3 aromatic carbocycles. The third-order valence-electron chi connectivity index (χ3n) is 5.77. The fraction of sp³-hybridized carbons (Fsp3) is 0.360. The Morgan fingerprint density at radius 2 is 1.59 bits per heavy atom. The van der Waals surface area contributed by atoms with Gasteiger partial charge in [-0.05, 0) is 72.6 Å². The molecule has 0 radical (unpaired) electrons. The van der Waals surface area contributed by atoms with E-state index in [0.29, 0.717) is 13.0 Å². The molecule has 4 heteroatoms. The molecule has 1 saturated heterocycles. The molecule has 1 heterocycles. The van der Waals surface area contributed by atoms with Crippen LogP contribution in [0.1, 0.15) is 36.8 Å². The van der Waals surface area contributed by atoms with Gasteiger partial charge in [-0.2, -0.15) is 0 Å². The van der Waals surface area contributed by atoms with Gasteiger partial charge in [0.25, 0.3) is 0 Å². The molecular formula is C25H29NO3. The van der Waals surface area contributed by atoms with Gasteiger partial charge in [-0.15, -0.1) is 0 Å². The summed E-state index contributed by atoms with van der Waals surface area (Å²) in [5, 5.41) is 21.9. The van der Waals surface area contributed by atoms with Crippen molar-refractivity contribution < 1.29 is 14.9 Å². The summed E-state index contributed by atoms with van der Waals surface area (Å²) in [5.74, 6) is 1.40. The highest BCUT2D eigenvalue weighted by Crippen LogP contribution is 2.31. The molecule has 3 aromatic rings. The number of phenols is 2. The van der Waals surface area contributed by atoms with E-state index in [-0.39, 0.29) is 11.5 Å². The van der Waals surface area contributed by atoms with Crippen LogP contribution in [0.4, 0.5) is 0 Å². The standard InChI is InChI=1S/C25H29NO3/c27-21-8-11-23-20(18-21)7-12-25(28)24(23)17-19-5-9-22(10-6-19)29-16-15-26-13-3-1-2-4-14-26/h5-12,18,27-28H,1-4,13-17H2. The van der Waals surface area contributed by atoms with E-state index in [1.807, 2.05) is 24.3 Å². The van der Waals surface area contributed by atoms with E-state index in [4.69, 9.17) is 4.74 Å². The number of likely N-dealkylation sites (tertiary alicyclic amines) is 1. The van der Waals surface area contributed by atoms with Crippen LogP contribution in [-0.4, -0.2) is 41.4 Å². The molecule has 0 saturated carbocycles. The van der Waals surface area contributed by atoms with Gasteiger partial charge in [0.2, 0.25) is 0 Å². The Morgan fingerprint density at radius 3 is 2.34 bits per heavy atom. The van der Waals surface area contributed by atoms with Crippen LogP contribution < -0.4 is 4.74 Å². The van der Waals surface area contributed by atoms with Gasteiger partial charge in [0.1, 0.15) is 23.9 Å². The number of benzene rings is 3. The number of hydrogen-bond acceptors (Lipinski definition) is 4. The predicted molar refractivity (Wildman–Crippen MR) is 117 cm³/mol. The van der Waals surface area contributed by atoms with Gasteiger partial charge < -0.3 is 14.9 Å². The summed E-state index contributed by atoms with van der Waals surface area (Å²) >= 11 is 0. The second-order valence-electron chi connectivity index (χ2n) is 7.89. The highest BCUT2D eigenvalue weighted by atomic mass is 16.5. The summed E-state index contributed by atoms with van der Waals surface area (Å²) in [5.41, 5.74) is 1.98. The molecule has 4 nitrogen and oxygen atoms in total. The maximum absolute atomic E-state index is 10.4. The fourth-order valence-corrected chi connectivity index (χ4v) is 4.12. The molecular weight excluding hydrogens is 362 g/mol. The van der Waals surface area contributed by atoms with Crippen molar-refractivity contribution in [2.75, 3.05) is 26.2 Å². The number of phenolic OH excluding ortho intramolecular Hbond substituents is 2. The lowest BCUT2D eigenvalue weighted by atomic mass is 9.97. The number of fused-ring (bicyclic) bond motifs is 1. The first-order valence-corrected chi connectivity index (χ1v) is 10.6. The topological polar surface area (TPSA) is 52.9 Å². The van der Waals surface area contributed by atoms with Crippen LogP contribution in [0.5, 0.6) is 17.2 Å². The Bertz CT molecular complexity index is 944. The van der Waals surface area contributed by atoms with Gasteiger partial charge in [0.15, 0.2) is 0 Å². The first-order chi connectivity index (χ1) is 14.2. The van der Waals surface area contributed by atoms with E-state index in [1.165, 1.54) is 38.8 Å². The number of rotatable bonds is 6. The van der Waals surface area contributed by atoms with E-state index in [9.17, 15) is 10.2 Å². The van der Waals surface area contributed by atoms with Crippen LogP contribution >= 0.6 is 0 Å². The van der Waals surface area contributed by atoms with Gasteiger partial charge in [0, 0.05) is 18.5 Å². The molecule has 2 N–H and O–H groups in total. The van der Waals surface area contributed by atoms with Gasteiger partial charge in [-0.25, -0.2) is 0 Å². The van der Waals surface area contributed by atoms with E-state index in [1.54, 1.807) is 18.2 Å². The van der Waals surface area contributed by atoms with Crippen molar-refractivity contribution in [3.63, 3.8) is 0 Å². The smallest absolute Gasteiger partial charge is 0.119 e. The number of nitrogens with zero attached hydrogens (tertiary/aromatic N) is 1. The highest BCUT2D eigenvalue weighted by molar-refractivity contribution is 5.89. The van der Waals surface area contributed by atoms with Crippen LogP contribution in [0.2, 0.25) is 0 Å². The van der Waals surface area contributed by atoms with Crippen molar-refractivity contribution in [1.82, 2.24) is 4.90 Å². The van der Waals surface area contributed by atoms with Gasteiger partial charge in [0.05, 0.1) is 0 Å². The average molecular weight is 392 g/mol. The number of ether oxygens (including phenoxy) is 1. The van der Waals surface area contributed by atoms with Crippen LogP contribution in [0.25, 0.3) is 10.8 Å². The molecule has 0 aliphatic carbocycles. The molecule has 0 amide bonds. The number of aromatic hydroxyl groups is 2. The first kappa shape index (κ1) is 19.6. The Labute approximate surface area is 172 Å². The minimum Gasteiger partial charge on any atom is -0.508 e. The van der Waals surface area contributed by atoms with Crippen LogP contribution in [0.15, 0.2) is 54.6 Å². The predicted octanol–water partition coefficient (Wildman–Crippen LogP) is 5.10. The Balaban J connectivity index is 1.38. The molecule has 0 unspecified atom stereocenters. The molecule has 152 valence electrons. The molecule has 0 bridgehead atoms. The van der Waals surface area contributed by atoms with Crippen molar-refractivity contribution in [2.24, 2.45) is 0 Å². The minimum absolute atomic E-state index is 0.232. The molecule has 0 atom stereocenters. The minimum atomic E-state index is 0.232.